The molecule has 3 aromatic rings. The fraction of sp³-hybridized carbons (Fsp3) is 0.560. The summed E-state index contributed by atoms with van der Waals surface area (Å²) in [6.45, 7) is 1.84. The quantitative estimate of drug-likeness (QED) is 0.0606. The van der Waals surface area contributed by atoms with Crippen molar-refractivity contribution < 1.29 is 65.1 Å². The van der Waals surface area contributed by atoms with E-state index < -0.39 is 102 Å². The van der Waals surface area contributed by atoms with Gasteiger partial charge in [0.25, 0.3) is 12.0 Å². The summed E-state index contributed by atoms with van der Waals surface area (Å²) in [5.74, 6) is -0.150. The molecule has 0 amide bonds. The van der Waals surface area contributed by atoms with E-state index in [0.29, 0.717) is 4.57 Å². The van der Waals surface area contributed by atoms with Crippen LogP contribution in [0.2, 0.25) is 0 Å². The number of nitrogens with zero attached hydrogens (tertiary/aromatic N) is 5. The van der Waals surface area contributed by atoms with Gasteiger partial charge in [-0.2, -0.15) is 0 Å². The number of nitrogens with two attached hydrogens (primary N) is 1. The van der Waals surface area contributed by atoms with Crippen molar-refractivity contribution >= 4 is 56.8 Å². The van der Waals surface area contributed by atoms with Crippen LogP contribution in [-0.2, 0) is 46.6 Å². The van der Waals surface area contributed by atoms with E-state index in [2.05, 4.69) is 15.0 Å². The summed E-state index contributed by atoms with van der Waals surface area (Å²) in [6, 6.07) is 0.928. The smallest absolute Gasteiger partial charge is 0.456 e. The zero-order valence-corrected chi connectivity index (χ0v) is 29.1. The van der Waals surface area contributed by atoms with Crippen molar-refractivity contribution in [1.82, 2.24) is 29.1 Å². The van der Waals surface area contributed by atoms with E-state index >= 15 is 8.78 Å². The van der Waals surface area contributed by atoms with Crippen LogP contribution in [0.1, 0.15) is 26.3 Å². The number of phosphoric acid groups is 1. The Morgan fingerprint density at radius 1 is 1.16 bits per heavy atom. The highest BCUT2D eigenvalue weighted by Gasteiger charge is 2.52. The minimum Gasteiger partial charge on any atom is -0.456 e. The number of aromatic amines is 1. The first kappa shape index (κ1) is 38.6. The SMILES string of the molecule is CC(C)OC(=O)OCSPOC[C@H]1O[C@@H](n2ccc(=O)[nH]c2=O)[C@H](F)[C@@H]1OP(=O)(O)OC[C@H]1O[C@@H](n2cnc3c(N)ncnc32)[C@H](OC=O)[C@@H]1F. The fourth-order valence-electron chi connectivity index (χ4n) is 4.96. The maximum absolute atomic E-state index is 15.8. The van der Waals surface area contributed by atoms with Crippen LogP contribution in [0.5, 0.6) is 0 Å². The number of rotatable bonds is 16. The van der Waals surface area contributed by atoms with Crippen molar-refractivity contribution in [2.45, 2.75) is 69.2 Å². The van der Waals surface area contributed by atoms with Crippen LogP contribution in [-0.4, -0.2) is 109 Å². The highest BCUT2D eigenvalue weighted by Crippen LogP contribution is 2.50. The molecule has 0 bridgehead atoms. The first-order valence-corrected chi connectivity index (χ1v) is 18.8. The molecule has 2 aliphatic heterocycles. The molecule has 0 aromatic carbocycles. The summed E-state index contributed by atoms with van der Waals surface area (Å²) in [4.78, 5) is 71.1. The van der Waals surface area contributed by atoms with Gasteiger partial charge >= 0.3 is 19.7 Å². The van der Waals surface area contributed by atoms with Crippen LogP contribution >= 0.6 is 27.2 Å². The van der Waals surface area contributed by atoms with Crippen molar-refractivity contribution in [3.8, 4) is 0 Å². The van der Waals surface area contributed by atoms with Crippen LogP contribution < -0.4 is 17.0 Å². The summed E-state index contributed by atoms with van der Waals surface area (Å²) in [5.41, 5.74) is 4.24. The van der Waals surface area contributed by atoms with Gasteiger partial charge in [0, 0.05) is 12.3 Å². The van der Waals surface area contributed by atoms with Crippen LogP contribution in [0.3, 0.4) is 0 Å². The van der Waals surface area contributed by atoms with Crippen LogP contribution in [0, 0.1) is 0 Å². The first-order valence-electron chi connectivity index (χ1n) is 14.7. The van der Waals surface area contributed by atoms with E-state index in [1.807, 2.05) is 4.98 Å². The average Bonchev–Trinajstić information content (AvgIpc) is 3.72. The van der Waals surface area contributed by atoms with Gasteiger partial charge in [-0.1, -0.05) is 11.4 Å². The number of alkyl halides is 2. The number of nitrogens with one attached hydrogen (secondary N) is 1. The number of aromatic nitrogens is 6. The summed E-state index contributed by atoms with van der Waals surface area (Å²) in [5, 5.41) is 0. The molecule has 5 heterocycles. The van der Waals surface area contributed by atoms with Gasteiger partial charge in [-0.3, -0.25) is 32.8 Å². The molecular weight excluding hydrogens is 754 g/mol. The minimum atomic E-state index is -5.27. The highest BCUT2D eigenvalue weighted by atomic mass is 32.7. The van der Waals surface area contributed by atoms with E-state index in [9.17, 15) is 28.6 Å². The van der Waals surface area contributed by atoms with Gasteiger partial charge in [0.2, 0.25) is 0 Å². The average molecular weight is 786 g/mol. The molecule has 0 aliphatic carbocycles. The second-order valence-corrected chi connectivity index (χ2v) is 14.6. The number of hydrogen-bond donors (Lipinski definition) is 3. The number of carbonyl (C=O) groups is 2. The first-order chi connectivity index (χ1) is 24.3. The monoisotopic (exact) mass is 785 g/mol. The van der Waals surface area contributed by atoms with E-state index in [0.717, 1.165) is 30.0 Å². The second kappa shape index (κ2) is 16.8. The Labute approximate surface area is 290 Å². The van der Waals surface area contributed by atoms with Crippen molar-refractivity contribution in [1.29, 1.82) is 0 Å². The summed E-state index contributed by atoms with van der Waals surface area (Å²) < 4.78 is 87.9. The molecule has 280 valence electrons. The fourth-order valence-corrected chi connectivity index (χ4v) is 7.21. The molecule has 0 spiro atoms. The Balaban J connectivity index is 1.25. The number of fused-ring (bicyclic) bond motifs is 1. The second-order valence-electron chi connectivity index (χ2n) is 10.9. The molecule has 2 unspecified atom stereocenters. The number of H-pyrrole nitrogens is 1. The Kier molecular flexibility index (Phi) is 12.7. The lowest BCUT2D eigenvalue weighted by molar-refractivity contribution is -0.141. The van der Waals surface area contributed by atoms with Gasteiger partial charge in [-0.05, 0) is 13.8 Å². The maximum atomic E-state index is 15.8. The number of halogens is 2. The van der Waals surface area contributed by atoms with Gasteiger partial charge < -0.3 is 38.8 Å². The number of anilines is 1. The number of nitrogen functional groups attached to an aromatic ring is 1. The molecule has 5 rings (SSSR count). The predicted molar refractivity (Wildman–Crippen MR) is 170 cm³/mol. The van der Waals surface area contributed by atoms with Gasteiger partial charge in [-0.25, -0.2) is 37.9 Å². The van der Waals surface area contributed by atoms with Gasteiger partial charge in [0.1, 0.15) is 36.1 Å². The highest BCUT2D eigenvalue weighted by molar-refractivity contribution is 8.48. The molecule has 2 saturated heterocycles. The van der Waals surface area contributed by atoms with Crippen molar-refractivity contribution in [2.75, 3.05) is 24.9 Å². The lowest BCUT2D eigenvalue weighted by Crippen LogP contribution is -2.36. The van der Waals surface area contributed by atoms with Gasteiger partial charge in [0.05, 0.1) is 33.7 Å². The lowest BCUT2D eigenvalue weighted by atomic mass is 10.1. The summed E-state index contributed by atoms with van der Waals surface area (Å²) in [7, 11) is -5.69. The third-order valence-electron chi connectivity index (χ3n) is 7.12. The van der Waals surface area contributed by atoms with Gasteiger partial charge in [-0.15, -0.1) is 0 Å². The van der Waals surface area contributed by atoms with Crippen molar-refractivity contribution in [3.63, 3.8) is 0 Å². The molecule has 0 radical (unpaired) electrons. The van der Waals surface area contributed by atoms with Crippen molar-refractivity contribution in [3.05, 3.63) is 45.8 Å². The molecule has 2 aliphatic rings. The molecule has 2 fully saturated rings. The molecule has 21 nitrogen and oxygen atoms in total. The van der Waals surface area contributed by atoms with Crippen LogP contribution in [0.4, 0.5) is 19.4 Å². The molecule has 4 N–H and O–H groups in total. The Hall–Kier alpha value is -3.60. The molecule has 10 atom stereocenters. The summed E-state index contributed by atoms with van der Waals surface area (Å²) >= 11 is 1.00. The van der Waals surface area contributed by atoms with E-state index in [4.69, 9.17) is 43.0 Å². The lowest BCUT2D eigenvalue weighted by Gasteiger charge is -2.23. The number of carbonyl (C=O) groups excluding carboxylic acids is 2. The molecule has 0 saturated carbocycles. The van der Waals surface area contributed by atoms with E-state index in [-0.39, 0.29) is 29.4 Å². The molecule has 3 aromatic heterocycles. The largest absolute Gasteiger partial charge is 0.509 e. The minimum absolute atomic E-state index is 0.00927. The Bertz CT molecular complexity index is 1850. The number of ether oxygens (including phenoxy) is 5. The normalized spacial score (nSPS) is 27.6. The third kappa shape index (κ3) is 9.26. The van der Waals surface area contributed by atoms with Crippen LogP contribution in [0.15, 0.2) is 34.5 Å². The maximum Gasteiger partial charge on any atom is 0.509 e. The van der Waals surface area contributed by atoms with E-state index in [1.54, 1.807) is 13.8 Å². The Morgan fingerprint density at radius 2 is 1.92 bits per heavy atom. The molecule has 26 heteroatoms. The molecular formula is C25H31F2N7O14P2S. The number of hydrogen-bond acceptors (Lipinski definition) is 18. The summed E-state index contributed by atoms with van der Waals surface area (Å²) in [6.07, 6.45) is -12.2. The Morgan fingerprint density at radius 3 is 2.65 bits per heavy atom. The number of imidazole rings is 1. The standard InChI is InChI=1S/C25H31F2N7O14P2S/c1-11(2)45-25(38)42-10-51-49-43-5-13-18(16(27)22(47-13)33-4-3-14(36)32-24(33)37)48-50(39,40)44-6-12-15(26)19(41-9-35)23(46-12)34-8-31-17-20(28)29-7-30-21(17)34/h3-4,7-9,11-13,15-16,18-19,22-23,49H,5-6,10H2,1-2H3,(H,39,40)(H2,28,29,30)(H,32,36,37)/t12-,13-,15-,16-,18-,19-,22-,23-/m1/s1. The zero-order chi connectivity index (χ0) is 36.9. The van der Waals surface area contributed by atoms with Gasteiger partial charge in [0.15, 0.2) is 42.4 Å². The molecule has 51 heavy (non-hydrogen) atoms. The third-order valence-corrected chi connectivity index (χ3v) is 9.80. The van der Waals surface area contributed by atoms with E-state index in [1.165, 1.54) is 10.9 Å². The topological polar surface area (TPSA) is 270 Å². The van der Waals surface area contributed by atoms with Crippen LogP contribution in [0.25, 0.3) is 11.2 Å². The zero-order valence-electron chi connectivity index (χ0n) is 26.4. The van der Waals surface area contributed by atoms with Crippen molar-refractivity contribution in [2.24, 2.45) is 0 Å². The predicted octanol–water partition coefficient (Wildman–Crippen LogP) is 1.25. The number of phosphoric ester groups is 1.